The van der Waals surface area contributed by atoms with E-state index in [-0.39, 0.29) is 6.10 Å². The number of fused-ring (bicyclic) bond motifs is 1. The van der Waals surface area contributed by atoms with Crippen molar-refractivity contribution >= 4 is 11.8 Å². The zero-order valence-corrected chi connectivity index (χ0v) is 17.0. The molecule has 1 saturated heterocycles. The fraction of sp³-hybridized carbons (Fsp3) is 0.455. The quantitative estimate of drug-likeness (QED) is 0.602. The second kappa shape index (κ2) is 8.73. The van der Waals surface area contributed by atoms with E-state index < -0.39 is 37.1 Å². The monoisotopic (exact) mass is 418 g/mol. The summed E-state index contributed by atoms with van der Waals surface area (Å²) in [5.74, 6) is 0.548. The maximum atomic E-state index is 10.5. The number of aliphatic hydroxyl groups excluding tert-OH is 4. The van der Waals surface area contributed by atoms with E-state index in [1.807, 2.05) is 18.2 Å². The number of hydrogen-bond donors (Lipinski definition) is 4. The molecule has 29 heavy (non-hydrogen) atoms. The SMILES string of the molecule is CCc1ccc([C@@H]2OCSc3ccc([C@@H]4O[C@H](CO)[C@@H](O)[C@H](O)[C@H]4O)cc32)cc1. The molecule has 7 heteroatoms. The molecule has 0 spiro atoms. The van der Waals surface area contributed by atoms with Gasteiger partial charge in [0.05, 0.1) is 12.5 Å². The minimum Gasteiger partial charge on any atom is -0.394 e. The van der Waals surface area contributed by atoms with E-state index in [1.165, 1.54) is 5.56 Å². The summed E-state index contributed by atoms with van der Waals surface area (Å²) >= 11 is 1.60. The van der Waals surface area contributed by atoms with Crippen LogP contribution in [-0.4, -0.2) is 57.4 Å². The van der Waals surface area contributed by atoms with Gasteiger partial charge >= 0.3 is 0 Å². The highest BCUT2D eigenvalue weighted by Crippen LogP contribution is 2.42. The van der Waals surface area contributed by atoms with E-state index in [1.54, 1.807) is 11.8 Å². The third kappa shape index (κ3) is 3.96. The molecule has 1 fully saturated rings. The van der Waals surface area contributed by atoms with Crippen molar-refractivity contribution in [1.82, 2.24) is 0 Å². The summed E-state index contributed by atoms with van der Waals surface area (Å²) in [6, 6.07) is 14.1. The molecule has 6 atom stereocenters. The smallest absolute Gasteiger partial charge is 0.113 e. The highest BCUT2D eigenvalue weighted by atomic mass is 32.2. The van der Waals surface area contributed by atoms with Crippen LogP contribution in [0.25, 0.3) is 0 Å². The van der Waals surface area contributed by atoms with Gasteiger partial charge < -0.3 is 29.9 Å². The van der Waals surface area contributed by atoms with Gasteiger partial charge in [0, 0.05) is 4.90 Å². The predicted molar refractivity (Wildman–Crippen MR) is 109 cm³/mol. The van der Waals surface area contributed by atoms with Crippen molar-refractivity contribution in [2.24, 2.45) is 0 Å². The molecule has 0 aromatic heterocycles. The summed E-state index contributed by atoms with van der Waals surface area (Å²) in [7, 11) is 0. The number of ether oxygens (including phenoxy) is 2. The molecule has 0 aliphatic carbocycles. The Bertz CT molecular complexity index is 840. The van der Waals surface area contributed by atoms with Gasteiger partial charge in [-0.3, -0.25) is 0 Å². The van der Waals surface area contributed by atoms with E-state index in [4.69, 9.17) is 9.47 Å². The number of aryl methyl sites for hydroxylation is 1. The van der Waals surface area contributed by atoms with Gasteiger partial charge in [-0.15, -0.1) is 0 Å². The highest BCUT2D eigenvalue weighted by Gasteiger charge is 2.44. The van der Waals surface area contributed by atoms with E-state index >= 15 is 0 Å². The van der Waals surface area contributed by atoms with Crippen molar-refractivity contribution in [2.45, 2.75) is 54.9 Å². The lowest BCUT2D eigenvalue weighted by atomic mass is 9.89. The first kappa shape index (κ1) is 20.8. The zero-order chi connectivity index (χ0) is 20.5. The van der Waals surface area contributed by atoms with Gasteiger partial charge in [-0.25, -0.2) is 0 Å². The third-order valence-electron chi connectivity index (χ3n) is 5.68. The van der Waals surface area contributed by atoms with Crippen molar-refractivity contribution in [3.05, 3.63) is 64.7 Å². The number of rotatable bonds is 4. The van der Waals surface area contributed by atoms with Gasteiger partial charge in [0.1, 0.15) is 36.6 Å². The lowest BCUT2D eigenvalue weighted by Gasteiger charge is -2.40. The third-order valence-corrected chi connectivity index (χ3v) is 6.61. The van der Waals surface area contributed by atoms with Crippen LogP contribution in [0.5, 0.6) is 0 Å². The molecular weight excluding hydrogens is 392 g/mol. The fourth-order valence-corrected chi connectivity index (χ4v) is 4.74. The molecule has 0 bridgehead atoms. The fourth-order valence-electron chi connectivity index (χ4n) is 3.92. The summed E-state index contributed by atoms with van der Waals surface area (Å²) < 4.78 is 11.8. The average Bonchev–Trinajstić information content (AvgIpc) is 2.77. The molecule has 2 aromatic carbocycles. The predicted octanol–water partition coefficient (Wildman–Crippen LogP) is 1.93. The van der Waals surface area contributed by atoms with Crippen LogP contribution in [0.15, 0.2) is 47.4 Å². The molecule has 0 saturated carbocycles. The van der Waals surface area contributed by atoms with Crippen LogP contribution >= 0.6 is 11.8 Å². The van der Waals surface area contributed by atoms with Crippen LogP contribution in [-0.2, 0) is 15.9 Å². The van der Waals surface area contributed by atoms with Crippen LogP contribution in [0.1, 0.15) is 41.4 Å². The molecule has 4 N–H and O–H groups in total. The minimum atomic E-state index is -1.40. The second-order valence-electron chi connectivity index (χ2n) is 7.45. The van der Waals surface area contributed by atoms with Crippen molar-refractivity contribution in [3.63, 3.8) is 0 Å². The number of aliphatic hydroxyl groups is 4. The van der Waals surface area contributed by atoms with E-state index in [0.29, 0.717) is 11.5 Å². The van der Waals surface area contributed by atoms with Crippen LogP contribution in [0.3, 0.4) is 0 Å². The Balaban J connectivity index is 1.67. The molecule has 2 aromatic rings. The molecule has 4 rings (SSSR count). The van der Waals surface area contributed by atoms with Gasteiger partial charge in [-0.1, -0.05) is 49.0 Å². The molecule has 0 unspecified atom stereocenters. The van der Waals surface area contributed by atoms with Gasteiger partial charge in [0.25, 0.3) is 0 Å². The van der Waals surface area contributed by atoms with Crippen molar-refractivity contribution in [1.29, 1.82) is 0 Å². The first-order valence-corrected chi connectivity index (χ1v) is 10.8. The average molecular weight is 419 g/mol. The van der Waals surface area contributed by atoms with Crippen molar-refractivity contribution in [3.8, 4) is 0 Å². The Morgan fingerprint density at radius 3 is 2.38 bits per heavy atom. The summed E-state index contributed by atoms with van der Waals surface area (Å²) in [5, 5.41) is 40.1. The Morgan fingerprint density at radius 2 is 1.69 bits per heavy atom. The number of thioether (sulfide) groups is 1. The van der Waals surface area contributed by atoms with Crippen molar-refractivity contribution in [2.75, 3.05) is 12.5 Å². The van der Waals surface area contributed by atoms with E-state index in [0.717, 1.165) is 22.4 Å². The molecule has 0 radical (unpaired) electrons. The van der Waals surface area contributed by atoms with Crippen LogP contribution < -0.4 is 0 Å². The van der Waals surface area contributed by atoms with Crippen LogP contribution in [0.2, 0.25) is 0 Å². The van der Waals surface area contributed by atoms with Crippen LogP contribution in [0.4, 0.5) is 0 Å². The molecular formula is C22H26O6S. The number of benzene rings is 2. The molecule has 6 nitrogen and oxygen atoms in total. The van der Waals surface area contributed by atoms with Gasteiger partial charge in [-0.2, -0.15) is 0 Å². The van der Waals surface area contributed by atoms with Crippen molar-refractivity contribution < 1.29 is 29.9 Å². The summed E-state index contributed by atoms with van der Waals surface area (Å²) in [6.45, 7) is 1.67. The molecule has 2 heterocycles. The zero-order valence-electron chi connectivity index (χ0n) is 16.1. The van der Waals surface area contributed by atoms with Gasteiger partial charge in [0.15, 0.2) is 0 Å². The van der Waals surface area contributed by atoms with E-state index in [2.05, 4.69) is 31.2 Å². The standard InChI is InChI=1S/C22H26O6S/c1-2-12-3-5-13(6-4-12)21-15-9-14(7-8-17(15)29-11-27-21)22-20(26)19(25)18(24)16(10-23)28-22/h3-9,16,18-26H,2,10-11H2,1H3/t16-,18-,19+,20-,21+,22+/m1/s1. The largest absolute Gasteiger partial charge is 0.394 e. The molecule has 2 aliphatic rings. The normalized spacial score (nSPS) is 32.0. The van der Waals surface area contributed by atoms with E-state index in [9.17, 15) is 20.4 Å². The van der Waals surface area contributed by atoms with Crippen LogP contribution in [0, 0.1) is 0 Å². The lowest BCUT2D eigenvalue weighted by Crippen LogP contribution is -2.55. The first-order valence-electron chi connectivity index (χ1n) is 9.81. The minimum absolute atomic E-state index is 0.234. The summed E-state index contributed by atoms with van der Waals surface area (Å²) in [4.78, 5) is 1.09. The Labute approximate surface area is 174 Å². The topological polar surface area (TPSA) is 99.4 Å². The first-order chi connectivity index (χ1) is 14.0. The Hall–Kier alpha value is -1.45. The molecule has 2 aliphatic heterocycles. The summed E-state index contributed by atoms with van der Waals surface area (Å²) in [5.41, 5.74) is 3.95. The Morgan fingerprint density at radius 1 is 0.966 bits per heavy atom. The Kier molecular flexibility index (Phi) is 6.27. The maximum Gasteiger partial charge on any atom is 0.113 e. The highest BCUT2D eigenvalue weighted by molar-refractivity contribution is 7.99. The second-order valence-corrected chi connectivity index (χ2v) is 8.41. The number of hydrogen-bond acceptors (Lipinski definition) is 7. The maximum absolute atomic E-state index is 10.5. The van der Waals surface area contributed by atoms with Gasteiger partial charge in [-0.05, 0) is 40.8 Å². The molecule has 0 amide bonds. The molecule has 156 valence electrons. The lowest BCUT2D eigenvalue weighted by molar-refractivity contribution is -0.231. The van der Waals surface area contributed by atoms with Gasteiger partial charge in [0.2, 0.25) is 0 Å². The summed E-state index contributed by atoms with van der Waals surface area (Å²) in [6.07, 6.45) is -5.12.